The van der Waals surface area contributed by atoms with Crippen molar-refractivity contribution in [1.82, 2.24) is 20.0 Å². The molecule has 108 valence electrons. The van der Waals surface area contributed by atoms with Gasteiger partial charge in [-0.2, -0.15) is 5.10 Å². The van der Waals surface area contributed by atoms with Crippen LogP contribution in [0, 0.1) is 6.92 Å². The third-order valence-corrected chi connectivity index (χ3v) is 4.07. The molecule has 0 bridgehead atoms. The van der Waals surface area contributed by atoms with E-state index in [2.05, 4.69) is 15.3 Å². The summed E-state index contributed by atoms with van der Waals surface area (Å²) in [6, 6.07) is 7.71. The van der Waals surface area contributed by atoms with Crippen LogP contribution in [0.5, 0.6) is 0 Å². The molecule has 2 heterocycles. The Labute approximate surface area is 131 Å². The number of thioether (sulfide) groups is 1. The van der Waals surface area contributed by atoms with Crippen LogP contribution in [0.25, 0.3) is 11.5 Å². The van der Waals surface area contributed by atoms with Crippen LogP contribution in [0.15, 0.2) is 40.1 Å². The first-order chi connectivity index (χ1) is 10.1. The molecule has 0 aliphatic rings. The van der Waals surface area contributed by atoms with E-state index >= 15 is 0 Å². The first-order valence-corrected chi connectivity index (χ1v) is 7.69. The van der Waals surface area contributed by atoms with Gasteiger partial charge in [-0.3, -0.25) is 4.68 Å². The lowest BCUT2D eigenvalue weighted by Crippen LogP contribution is -1.86. The monoisotopic (exact) mass is 320 g/mol. The van der Waals surface area contributed by atoms with E-state index in [0.717, 1.165) is 27.6 Å². The van der Waals surface area contributed by atoms with Crippen LogP contribution in [0.3, 0.4) is 0 Å². The average Bonchev–Trinajstić information content (AvgIpc) is 3.04. The molecule has 0 atom stereocenters. The van der Waals surface area contributed by atoms with Crippen molar-refractivity contribution in [2.75, 3.05) is 0 Å². The lowest BCUT2D eigenvalue weighted by molar-refractivity contribution is 0.465. The molecule has 0 radical (unpaired) electrons. The van der Waals surface area contributed by atoms with Gasteiger partial charge in [0, 0.05) is 24.0 Å². The Kier molecular flexibility index (Phi) is 3.98. The van der Waals surface area contributed by atoms with Crippen LogP contribution < -0.4 is 0 Å². The molecule has 3 aromatic rings. The minimum Gasteiger partial charge on any atom is -0.411 e. The highest BCUT2D eigenvalue weighted by molar-refractivity contribution is 7.98. The molecule has 0 N–H and O–H groups in total. The first-order valence-electron chi connectivity index (χ1n) is 6.33. The standard InChI is InChI=1S/C14H13ClN4OS/c1-9-12(7-19(2)18-9)13-16-17-14(20-13)21-8-10-3-5-11(15)6-4-10/h3-7H,8H2,1-2H3. The molecule has 0 saturated heterocycles. The van der Waals surface area contributed by atoms with Gasteiger partial charge in [-0.25, -0.2) is 0 Å². The van der Waals surface area contributed by atoms with Crippen LogP contribution in [-0.2, 0) is 12.8 Å². The van der Waals surface area contributed by atoms with Crippen molar-refractivity contribution < 1.29 is 4.42 Å². The Morgan fingerprint density at radius 3 is 2.67 bits per heavy atom. The lowest BCUT2D eigenvalue weighted by Gasteiger charge is -1.97. The van der Waals surface area contributed by atoms with E-state index < -0.39 is 0 Å². The summed E-state index contributed by atoms with van der Waals surface area (Å²) < 4.78 is 7.40. The molecule has 0 unspecified atom stereocenters. The van der Waals surface area contributed by atoms with E-state index in [1.165, 1.54) is 11.8 Å². The van der Waals surface area contributed by atoms with Crippen LogP contribution in [0.1, 0.15) is 11.3 Å². The van der Waals surface area contributed by atoms with Crippen molar-refractivity contribution in [3.8, 4) is 11.5 Å². The summed E-state index contributed by atoms with van der Waals surface area (Å²) in [6.45, 7) is 1.92. The fourth-order valence-corrected chi connectivity index (χ4v) is 2.76. The maximum atomic E-state index is 5.86. The van der Waals surface area contributed by atoms with Gasteiger partial charge in [0.2, 0.25) is 0 Å². The fourth-order valence-electron chi connectivity index (χ4n) is 1.91. The highest BCUT2D eigenvalue weighted by Gasteiger charge is 2.14. The molecule has 0 spiro atoms. The van der Waals surface area contributed by atoms with E-state index in [1.54, 1.807) is 4.68 Å². The van der Waals surface area contributed by atoms with Gasteiger partial charge in [-0.15, -0.1) is 10.2 Å². The van der Waals surface area contributed by atoms with Gasteiger partial charge in [0.15, 0.2) is 0 Å². The number of aromatic nitrogens is 4. The van der Waals surface area contributed by atoms with Gasteiger partial charge in [0.25, 0.3) is 11.1 Å². The molecule has 1 aromatic carbocycles. The Morgan fingerprint density at radius 1 is 1.24 bits per heavy atom. The van der Waals surface area contributed by atoms with Crippen molar-refractivity contribution in [3.05, 3.63) is 46.7 Å². The molecule has 0 aliphatic heterocycles. The number of aryl methyl sites for hydroxylation is 2. The lowest BCUT2D eigenvalue weighted by atomic mass is 10.2. The van der Waals surface area contributed by atoms with Crippen LogP contribution >= 0.6 is 23.4 Å². The molecule has 3 rings (SSSR count). The first kappa shape index (κ1) is 14.2. The molecular formula is C14H13ClN4OS. The summed E-state index contributed by atoms with van der Waals surface area (Å²) in [5, 5.41) is 13.7. The van der Waals surface area contributed by atoms with E-state index in [0.29, 0.717) is 11.1 Å². The Bertz CT molecular complexity index is 751. The number of benzene rings is 1. The van der Waals surface area contributed by atoms with Gasteiger partial charge in [0.1, 0.15) is 0 Å². The van der Waals surface area contributed by atoms with Gasteiger partial charge >= 0.3 is 0 Å². The molecule has 2 aromatic heterocycles. The summed E-state index contributed by atoms with van der Waals surface area (Å²) in [4.78, 5) is 0. The van der Waals surface area contributed by atoms with Crippen molar-refractivity contribution in [3.63, 3.8) is 0 Å². The summed E-state index contributed by atoms with van der Waals surface area (Å²) in [5.74, 6) is 1.25. The predicted molar refractivity (Wildman–Crippen MR) is 82.3 cm³/mol. The molecule has 7 heteroatoms. The van der Waals surface area contributed by atoms with Gasteiger partial charge in [-0.1, -0.05) is 35.5 Å². The van der Waals surface area contributed by atoms with Gasteiger partial charge in [-0.05, 0) is 24.6 Å². The normalized spacial score (nSPS) is 11.0. The fraction of sp³-hybridized carbons (Fsp3) is 0.214. The highest BCUT2D eigenvalue weighted by atomic mass is 35.5. The van der Waals surface area contributed by atoms with Crippen LogP contribution in [0.2, 0.25) is 5.02 Å². The number of hydrogen-bond acceptors (Lipinski definition) is 5. The third-order valence-electron chi connectivity index (χ3n) is 2.93. The largest absolute Gasteiger partial charge is 0.411 e. The quantitative estimate of drug-likeness (QED) is 0.686. The van der Waals surface area contributed by atoms with E-state index in [4.69, 9.17) is 16.0 Å². The van der Waals surface area contributed by atoms with Gasteiger partial charge < -0.3 is 4.42 Å². The predicted octanol–water partition coefficient (Wildman–Crippen LogP) is 3.72. The second kappa shape index (κ2) is 5.91. The van der Waals surface area contributed by atoms with Crippen LogP contribution in [0.4, 0.5) is 0 Å². The Morgan fingerprint density at radius 2 is 2.00 bits per heavy atom. The van der Waals surface area contributed by atoms with Crippen molar-refractivity contribution in [2.45, 2.75) is 17.9 Å². The number of nitrogens with zero attached hydrogens (tertiary/aromatic N) is 4. The Hall–Kier alpha value is -1.79. The van der Waals surface area contributed by atoms with Crippen molar-refractivity contribution >= 4 is 23.4 Å². The summed E-state index contributed by atoms with van der Waals surface area (Å²) in [5.41, 5.74) is 2.89. The number of rotatable bonds is 4. The molecule has 5 nitrogen and oxygen atoms in total. The molecule has 0 aliphatic carbocycles. The SMILES string of the molecule is Cc1nn(C)cc1-c1nnc(SCc2ccc(Cl)cc2)o1. The van der Waals surface area contributed by atoms with E-state index in [-0.39, 0.29) is 0 Å². The summed E-state index contributed by atoms with van der Waals surface area (Å²) in [6.07, 6.45) is 1.87. The minimum atomic E-state index is 0.499. The molecule has 0 saturated carbocycles. The van der Waals surface area contributed by atoms with Gasteiger partial charge in [0.05, 0.1) is 11.3 Å². The summed E-state index contributed by atoms with van der Waals surface area (Å²) >= 11 is 7.36. The van der Waals surface area contributed by atoms with Crippen molar-refractivity contribution in [2.24, 2.45) is 7.05 Å². The molecule has 0 fully saturated rings. The molecule has 0 amide bonds. The topological polar surface area (TPSA) is 56.7 Å². The number of hydrogen-bond donors (Lipinski definition) is 0. The molecule has 21 heavy (non-hydrogen) atoms. The zero-order chi connectivity index (χ0) is 14.8. The third kappa shape index (κ3) is 3.28. The summed E-state index contributed by atoms with van der Waals surface area (Å²) in [7, 11) is 1.86. The average molecular weight is 321 g/mol. The van der Waals surface area contributed by atoms with E-state index in [1.807, 2.05) is 44.4 Å². The zero-order valence-corrected chi connectivity index (χ0v) is 13.1. The highest BCUT2D eigenvalue weighted by Crippen LogP contribution is 2.27. The second-order valence-electron chi connectivity index (χ2n) is 4.59. The zero-order valence-electron chi connectivity index (χ0n) is 11.6. The van der Waals surface area contributed by atoms with Crippen molar-refractivity contribution in [1.29, 1.82) is 0 Å². The number of halogens is 1. The maximum Gasteiger partial charge on any atom is 0.277 e. The molecular weight excluding hydrogens is 308 g/mol. The van der Waals surface area contributed by atoms with Crippen LogP contribution in [-0.4, -0.2) is 20.0 Å². The smallest absolute Gasteiger partial charge is 0.277 e. The second-order valence-corrected chi connectivity index (χ2v) is 5.95. The Balaban J connectivity index is 1.70. The maximum absolute atomic E-state index is 5.86. The van der Waals surface area contributed by atoms with E-state index in [9.17, 15) is 0 Å². The minimum absolute atomic E-state index is 0.499.